The highest BCUT2D eigenvalue weighted by atomic mass is 16.1. The van der Waals surface area contributed by atoms with E-state index in [0.717, 1.165) is 23.4 Å². The first kappa shape index (κ1) is 16.2. The Morgan fingerprint density at radius 3 is 2.73 bits per heavy atom. The van der Waals surface area contributed by atoms with Gasteiger partial charge in [-0.2, -0.15) is 0 Å². The minimum atomic E-state index is -0.122. The molecular weight excluding hydrogens is 322 g/mol. The molecule has 0 radical (unpaired) electrons. The lowest BCUT2D eigenvalue weighted by Gasteiger charge is -2.27. The van der Waals surface area contributed by atoms with Crippen LogP contribution in [-0.2, 0) is 4.79 Å². The molecule has 128 valence electrons. The number of anilines is 1. The summed E-state index contributed by atoms with van der Waals surface area (Å²) in [7, 11) is 0. The fourth-order valence-corrected chi connectivity index (χ4v) is 3.35. The smallest absolute Gasteiger partial charge is 0.151 e. The van der Waals surface area contributed by atoms with Crippen LogP contribution >= 0.6 is 0 Å². The van der Waals surface area contributed by atoms with Crippen molar-refractivity contribution in [1.29, 1.82) is 0 Å². The maximum absolute atomic E-state index is 11.0. The highest BCUT2D eigenvalue weighted by molar-refractivity contribution is 6.07. The third kappa shape index (κ3) is 3.02. The maximum Gasteiger partial charge on any atom is 0.151 e. The number of carbonyl (C=O) groups is 1. The molecule has 2 aliphatic rings. The molecule has 1 N–H and O–H groups in total. The second kappa shape index (κ2) is 6.92. The van der Waals surface area contributed by atoms with Crippen LogP contribution in [0.25, 0.3) is 11.1 Å². The molecule has 0 aliphatic carbocycles. The number of rotatable bonds is 3. The Kier molecular flexibility index (Phi) is 4.32. The summed E-state index contributed by atoms with van der Waals surface area (Å²) in [6, 6.07) is 16.4. The van der Waals surface area contributed by atoms with E-state index < -0.39 is 0 Å². The van der Waals surface area contributed by atoms with Gasteiger partial charge in [-0.05, 0) is 29.7 Å². The van der Waals surface area contributed by atoms with Gasteiger partial charge in [0.1, 0.15) is 11.9 Å². The summed E-state index contributed by atoms with van der Waals surface area (Å²) >= 11 is 0. The number of allylic oxidation sites excluding steroid dienone is 1. The number of nitrogens with one attached hydrogen (secondary N) is 1. The molecule has 2 heterocycles. The second-order valence-corrected chi connectivity index (χ2v) is 6.41. The molecule has 2 unspecified atom stereocenters. The summed E-state index contributed by atoms with van der Waals surface area (Å²) in [6.45, 7) is 2.11. The van der Waals surface area contributed by atoms with E-state index in [1.165, 1.54) is 11.1 Å². The second-order valence-electron chi connectivity index (χ2n) is 6.41. The van der Waals surface area contributed by atoms with Gasteiger partial charge in [-0.15, -0.1) is 0 Å². The van der Waals surface area contributed by atoms with Crippen LogP contribution in [0.5, 0.6) is 0 Å². The fraction of sp³-hybridized carbons (Fsp3) is 0.136. The van der Waals surface area contributed by atoms with E-state index in [4.69, 9.17) is 0 Å². The molecule has 2 aliphatic heterocycles. The normalized spacial score (nSPS) is 20.8. The largest absolute Gasteiger partial charge is 0.342 e. The van der Waals surface area contributed by atoms with Crippen LogP contribution in [0, 0.1) is 12.8 Å². The van der Waals surface area contributed by atoms with Gasteiger partial charge < -0.3 is 5.32 Å². The van der Waals surface area contributed by atoms with Crippen molar-refractivity contribution in [2.75, 3.05) is 5.32 Å². The van der Waals surface area contributed by atoms with E-state index in [2.05, 4.69) is 46.5 Å². The number of hydrogen-bond donors (Lipinski definition) is 1. The van der Waals surface area contributed by atoms with Crippen LogP contribution in [0.3, 0.4) is 0 Å². The lowest BCUT2D eigenvalue weighted by molar-refractivity contribution is -0.104. The Morgan fingerprint density at radius 2 is 1.92 bits per heavy atom. The summed E-state index contributed by atoms with van der Waals surface area (Å²) in [5.41, 5.74) is 5.16. The van der Waals surface area contributed by atoms with Crippen molar-refractivity contribution in [3.8, 4) is 11.1 Å². The lowest BCUT2D eigenvalue weighted by atomic mass is 9.92. The summed E-state index contributed by atoms with van der Waals surface area (Å²) in [5, 5.41) is 3.46. The Labute approximate surface area is 152 Å². The molecular formula is C22H19N3O. The zero-order valence-corrected chi connectivity index (χ0v) is 14.5. The van der Waals surface area contributed by atoms with Crippen LogP contribution in [0.1, 0.15) is 5.56 Å². The van der Waals surface area contributed by atoms with Crippen LogP contribution in [0.15, 0.2) is 82.4 Å². The molecule has 4 rings (SSSR count). The zero-order chi connectivity index (χ0) is 17.9. The number of fused-ring (bicyclic) bond motifs is 1. The van der Waals surface area contributed by atoms with Crippen molar-refractivity contribution in [2.45, 2.75) is 13.0 Å². The number of benzene rings is 2. The molecule has 0 saturated carbocycles. The molecule has 2 atom stereocenters. The quantitative estimate of drug-likeness (QED) is 0.851. The predicted molar refractivity (Wildman–Crippen MR) is 107 cm³/mol. The molecule has 2 aromatic carbocycles. The van der Waals surface area contributed by atoms with Gasteiger partial charge in [0.25, 0.3) is 0 Å². The van der Waals surface area contributed by atoms with Gasteiger partial charge in [-0.1, -0.05) is 54.6 Å². The van der Waals surface area contributed by atoms with Crippen molar-refractivity contribution in [3.63, 3.8) is 0 Å². The topological polar surface area (TPSA) is 53.8 Å². The minimum Gasteiger partial charge on any atom is -0.342 e. The number of carbonyl (C=O) groups excluding carboxylic acids is 1. The Bertz CT molecular complexity index is 955. The summed E-state index contributed by atoms with van der Waals surface area (Å²) in [4.78, 5) is 20.0. The van der Waals surface area contributed by atoms with Gasteiger partial charge in [0.15, 0.2) is 6.29 Å². The fourth-order valence-electron chi connectivity index (χ4n) is 3.35. The SMILES string of the molecule is Cc1c(NC2=NC=CC3C=C(C=O)C=NC23)cccc1-c1ccccc1. The number of dihydropyridines is 1. The van der Waals surface area contributed by atoms with Gasteiger partial charge >= 0.3 is 0 Å². The molecule has 2 aromatic rings. The summed E-state index contributed by atoms with van der Waals surface area (Å²) in [6.07, 6.45) is 8.14. The highest BCUT2D eigenvalue weighted by Crippen LogP contribution is 2.30. The van der Waals surface area contributed by atoms with Gasteiger partial charge in [0.05, 0.1) is 0 Å². The van der Waals surface area contributed by atoms with Crippen LogP contribution in [0.4, 0.5) is 5.69 Å². The lowest BCUT2D eigenvalue weighted by Crippen LogP contribution is -2.35. The molecule has 0 aromatic heterocycles. The predicted octanol–water partition coefficient (Wildman–Crippen LogP) is 4.19. The summed E-state index contributed by atoms with van der Waals surface area (Å²) in [5.74, 6) is 0.848. The molecule has 4 nitrogen and oxygen atoms in total. The van der Waals surface area contributed by atoms with Gasteiger partial charge in [0.2, 0.25) is 0 Å². The number of hydrogen-bond acceptors (Lipinski definition) is 4. The average molecular weight is 341 g/mol. The van der Waals surface area contributed by atoms with Gasteiger partial charge in [-0.25, -0.2) is 4.99 Å². The van der Waals surface area contributed by atoms with Crippen LogP contribution in [0.2, 0.25) is 0 Å². The van der Waals surface area contributed by atoms with Crippen LogP contribution in [-0.4, -0.2) is 24.4 Å². The molecule has 0 amide bonds. The molecule has 0 saturated heterocycles. The van der Waals surface area contributed by atoms with Gasteiger partial charge in [0, 0.05) is 29.6 Å². The minimum absolute atomic E-state index is 0.0535. The number of aldehydes is 1. The van der Waals surface area contributed by atoms with Crippen molar-refractivity contribution in [2.24, 2.45) is 15.9 Å². The van der Waals surface area contributed by atoms with E-state index in [1.54, 1.807) is 12.4 Å². The Hall–Kier alpha value is -3.27. The molecule has 0 fully saturated rings. The standard InChI is InChI=1S/C22H19N3O/c1-15-19(17-6-3-2-4-7-17)8-5-9-20(15)25-22-21-18(10-11-23-22)12-16(14-26)13-24-21/h2-14,18,21H,1H3,(H,23,25). The van der Waals surface area contributed by atoms with Crippen molar-refractivity contribution in [3.05, 3.63) is 78.0 Å². The van der Waals surface area contributed by atoms with Crippen molar-refractivity contribution in [1.82, 2.24) is 0 Å². The van der Waals surface area contributed by atoms with E-state index in [-0.39, 0.29) is 12.0 Å². The third-order valence-corrected chi connectivity index (χ3v) is 4.75. The van der Waals surface area contributed by atoms with Gasteiger partial charge in [-0.3, -0.25) is 9.79 Å². The first-order valence-corrected chi connectivity index (χ1v) is 8.63. The Balaban J connectivity index is 1.63. The van der Waals surface area contributed by atoms with E-state index in [0.29, 0.717) is 5.57 Å². The monoisotopic (exact) mass is 341 g/mol. The van der Waals surface area contributed by atoms with E-state index >= 15 is 0 Å². The first-order valence-electron chi connectivity index (χ1n) is 8.63. The third-order valence-electron chi connectivity index (χ3n) is 4.75. The number of nitrogens with zero attached hydrogens (tertiary/aromatic N) is 2. The molecule has 0 spiro atoms. The number of aliphatic imine (C=N–C) groups is 2. The molecule has 0 bridgehead atoms. The molecule has 26 heavy (non-hydrogen) atoms. The van der Waals surface area contributed by atoms with E-state index in [1.807, 2.05) is 36.4 Å². The number of amidine groups is 1. The van der Waals surface area contributed by atoms with Crippen LogP contribution < -0.4 is 5.32 Å². The van der Waals surface area contributed by atoms with E-state index in [9.17, 15) is 4.79 Å². The maximum atomic E-state index is 11.0. The zero-order valence-electron chi connectivity index (χ0n) is 14.5. The average Bonchev–Trinajstić information content (AvgIpc) is 2.70. The van der Waals surface area contributed by atoms with Crippen molar-refractivity contribution < 1.29 is 4.79 Å². The Morgan fingerprint density at radius 1 is 1.08 bits per heavy atom. The molecule has 4 heteroatoms. The first-order chi connectivity index (χ1) is 12.8. The summed E-state index contributed by atoms with van der Waals surface area (Å²) < 4.78 is 0. The van der Waals surface area contributed by atoms with Crippen molar-refractivity contribution >= 4 is 24.0 Å². The highest BCUT2D eigenvalue weighted by Gasteiger charge is 2.27.